The SMILES string of the molecule is CCCCOCC(=O)Nc1cc(OCC)c(N2CCOCC2)cc1OCC. The molecule has 1 amide bonds. The van der Waals surface area contributed by atoms with Gasteiger partial charge in [0.2, 0.25) is 5.91 Å². The van der Waals surface area contributed by atoms with Crippen LogP contribution in [0.3, 0.4) is 0 Å². The van der Waals surface area contributed by atoms with E-state index < -0.39 is 0 Å². The van der Waals surface area contributed by atoms with Gasteiger partial charge >= 0.3 is 0 Å². The van der Waals surface area contributed by atoms with Crippen molar-refractivity contribution in [2.75, 3.05) is 62.9 Å². The van der Waals surface area contributed by atoms with E-state index in [-0.39, 0.29) is 12.5 Å². The molecule has 2 rings (SSSR count). The number of carbonyl (C=O) groups excluding carboxylic acids is 1. The van der Waals surface area contributed by atoms with Crippen molar-refractivity contribution in [2.24, 2.45) is 0 Å². The van der Waals surface area contributed by atoms with Crippen molar-refractivity contribution in [1.82, 2.24) is 0 Å². The van der Waals surface area contributed by atoms with Crippen molar-refractivity contribution < 1.29 is 23.7 Å². The molecule has 0 radical (unpaired) electrons. The standard InChI is InChI=1S/C20H32N2O5/c1-4-7-10-25-15-20(23)21-16-13-19(27-6-3)17(14-18(16)26-5-2)22-8-11-24-12-9-22/h13-14H,4-12,15H2,1-3H3,(H,21,23). The lowest BCUT2D eigenvalue weighted by Gasteiger charge is -2.31. The molecule has 1 aliphatic rings. The van der Waals surface area contributed by atoms with Crippen LogP contribution in [0, 0.1) is 0 Å². The van der Waals surface area contributed by atoms with Crippen molar-refractivity contribution in [3.8, 4) is 11.5 Å². The highest BCUT2D eigenvalue weighted by atomic mass is 16.5. The molecular formula is C20H32N2O5. The molecule has 27 heavy (non-hydrogen) atoms. The number of carbonyl (C=O) groups is 1. The third-order valence-electron chi connectivity index (χ3n) is 4.16. The Bertz CT molecular complexity index is 588. The Hall–Kier alpha value is -1.99. The predicted molar refractivity (Wildman–Crippen MR) is 106 cm³/mol. The summed E-state index contributed by atoms with van der Waals surface area (Å²) in [4.78, 5) is 14.4. The van der Waals surface area contributed by atoms with Crippen molar-refractivity contribution in [1.29, 1.82) is 0 Å². The summed E-state index contributed by atoms with van der Waals surface area (Å²) in [5.41, 5.74) is 1.56. The highest BCUT2D eigenvalue weighted by molar-refractivity contribution is 5.94. The Kier molecular flexibility index (Phi) is 9.21. The van der Waals surface area contributed by atoms with Gasteiger partial charge in [-0.3, -0.25) is 4.79 Å². The Labute approximate surface area is 161 Å². The van der Waals surface area contributed by atoms with Crippen LogP contribution in [0.25, 0.3) is 0 Å². The Morgan fingerprint density at radius 3 is 2.48 bits per heavy atom. The molecule has 0 saturated carbocycles. The molecule has 1 aromatic rings. The molecule has 1 aromatic carbocycles. The molecule has 1 fully saturated rings. The average molecular weight is 380 g/mol. The number of rotatable bonds is 11. The van der Waals surface area contributed by atoms with Crippen LogP contribution < -0.4 is 19.7 Å². The van der Waals surface area contributed by atoms with Gasteiger partial charge in [-0.2, -0.15) is 0 Å². The minimum atomic E-state index is -0.200. The maximum absolute atomic E-state index is 12.2. The molecule has 1 saturated heterocycles. The van der Waals surface area contributed by atoms with Crippen LogP contribution in [0.2, 0.25) is 0 Å². The number of amides is 1. The fourth-order valence-electron chi connectivity index (χ4n) is 2.84. The number of anilines is 2. The molecule has 7 nitrogen and oxygen atoms in total. The zero-order valence-electron chi connectivity index (χ0n) is 16.7. The van der Waals surface area contributed by atoms with Gasteiger partial charge in [0.1, 0.15) is 18.1 Å². The lowest BCUT2D eigenvalue weighted by molar-refractivity contribution is -0.120. The second kappa shape index (κ2) is 11.7. The van der Waals surface area contributed by atoms with Crippen molar-refractivity contribution >= 4 is 17.3 Å². The first kappa shape index (κ1) is 21.3. The van der Waals surface area contributed by atoms with E-state index in [2.05, 4.69) is 17.1 Å². The number of nitrogens with zero attached hydrogens (tertiary/aromatic N) is 1. The summed E-state index contributed by atoms with van der Waals surface area (Å²) in [7, 11) is 0. The van der Waals surface area contributed by atoms with Crippen molar-refractivity contribution in [3.05, 3.63) is 12.1 Å². The van der Waals surface area contributed by atoms with Crippen LogP contribution in [0.1, 0.15) is 33.6 Å². The quantitative estimate of drug-likeness (QED) is 0.595. The number of unbranched alkanes of at least 4 members (excludes halogenated alkanes) is 1. The topological polar surface area (TPSA) is 69.3 Å². The minimum absolute atomic E-state index is 0.0285. The largest absolute Gasteiger partial charge is 0.492 e. The van der Waals surface area contributed by atoms with Gasteiger partial charge in [0, 0.05) is 31.8 Å². The lowest BCUT2D eigenvalue weighted by atomic mass is 10.2. The maximum Gasteiger partial charge on any atom is 0.250 e. The van der Waals surface area contributed by atoms with Crippen LogP contribution in [0.5, 0.6) is 11.5 Å². The zero-order valence-corrected chi connectivity index (χ0v) is 16.7. The minimum Gasteiger partial charge on any atom is -0.492 e. The molecule has 7 heteroatoms. The smallest absolute Gasteiger partial charge is 0.250 e. The Morgan fingerprint density at radius 2 is 1.81 bits per heavy atom. The third-order valence-corrected chi connectivity index (χ3v) is 4.16. The molecule has 0 bridgehead atoms. The van der Waals surface area contributed by atoms with Gasteiger partial charge < -0.3 is 29.2 Å². The molecule has 1 heterocycles. The molecule has 0 aliphatic carbocycles. The summed E-state index contributed by atoms with van der Waals surface area (Å²) in [6.45, 7) is 10.6. The van der Waals surface area contributed by atoms with Crippen LogP contribution in [0.4, 0.5) is 11.4 Å². The van der Waals surface area contributed by atoms with Crippen LogP contribution in [-0.4, -0.2) is 58.6 Å². The number of hydrogen-bond acceptors (Lipinski definition) is 6. The van der Waals surface area contributed by atoms with E-state index in [4.69, 9.17) is 18.9 Å². The molecule has 0 unspecified atom stereocenters. The second-order valence-corrected chi connectivity index (χ2v) is 6.24. The fraction of sp³-hybridized carbons (Fsp3) is 0.650. The van der Waals surface area contributed by atoms with E-state index in [1.165, 1.54) is 0 Å². The van der Waals surface area contributed by atoms with E-state index in [1.807, 2.05) is 26.0 Å². The maximum atomic E-state index is 12.2. The number of morpholine rings is 1. The summed E-state index contributed by atoms with van der Waals surface area (Å²) >= 11 is 0. The number of ether oxygens (including phenoxy) is 4. The second-order valence-electron chi connectivity index (χ2n) is 6.24. The molecule has 152 valence electrons. The normalized spacial score (nSPS) is 14.1. The molecule has 1 N–H and O–H groups in total. The average Bonchev–Trinajstić information content (AvgIpc) is 2.68. The summed E-state index contributed by atoms with van der Waals surface area (Å²) in [6, 6.07) is 3.77. The van der Waals surface area contributed by atoms with Gasteiger partial charge in [0.05, 0.1) is 37.8 Å². The van der Waals surface area contributed by atoms with Gasteiger partial charge in [0.25, 0.3) is 0 Å². The number of nitrogens with one attached hydrogen (secondary N) is 1. The zero-order chi connectivity index (χ0) is 19.5. The van der Waals surface area contributed by atoms with Crippen LogP contribution >= 0.6 is 0 Å². The lowest BCUT2D eigenvalue weighted by Crippen LogP contribution is -2.36. The van der Waals surface area contributed by atoms with Crippen LogP contribution in [-0.2, 0) is 14.3 Å². The summed E-state index contributed by atoms with van der Waals surface area (Å²) in [5.74, 6) is 1.16. The highest BCUT2D eigenvalue weighted by Crippen LogP contribution is 2.39. The van der Waals surface area contributed by atoms with Gasteiger partial charge in [-0.25, -0.2) is 0 Å². The first-order valence-corrected chi connectivity index (χ1v) is 9.83. The third kappa shape index (κ3) is 6.59. The number of benzene rings is 1. The molecule has 0 spiro atoms. The highest BCUT2D eigenvalue weighted by Gasteiger charge is 2.20. The molecular weight excluding hydrogens is 348 g/mol. The first-order valence-electron chi connectivity index (χ1n) is 9.83. The van der Waals surface area contributed by atoms with Gasteiger partial charge in [-0.05, 0) is 20.3 Å². The van der Waals surface area contributed by atoms with E-state index in [1.54, 1.807) is 0 Å². The molecule has 1 aliphatic heterocycles. The van der Waals surface area contributed by atoms with Gasteiger partial charge in [-0.15, -0.1) is 0 Å². The monoisotopic (exact) mass is 380 g/mol. The van der Waals surface area contributed by atoms with E-state index >= 15 is 0 Å². The van der Waals surface area contributed by atoms with E-state index in [9.17, 15) is 4.79 Å². The van der Waals surface area contributed by atoms with Gasteiger partial charge in [-0.1, -0.05) is 13.3 Å². The number of hydrogen-bond donors (Lipinski definition) is 1. The molecule has 0 aromatic heterocycles. The van der Waals surface area contributed by atoms with Crippen LogP contribution in [0.15, 0.2) is 12.1 Å². The van der Waals surface area contributed by atoms with E-state index in [0.29, 0.717) is 44.5 Å². The van der Waals surface area contributed by atoms with Gasteiger partial charge in [0.15, 0.2) is 0 Å². The summed E-state index contributed by atoms with van der Waals surface area (Å²) in [6.07, 6.45) is 1.98. The van der Waals surface area contributed by atoms with Crippen molar-refractivity contribution in [3.63, 3.8) is 0 Å². The fourth-order valence-corrected chi connectivity index (χ4v) is 2.84. The summed E-state index contributed by atoms with van der Waals surface area (Å²) in [5, 5.41) is 2.89. The first-order chi connectivity index (χ1) is 13.2. The van der Waals surface area contributed by atoms with E-state index in [0.717, 1.165) is 37.4 Å². The van der Waals surface area contributed by atoms with Crippen molar-refractivity contribution in [2.45, 2.75) is 33.6 Å². The molecule has 0 atom stereocenters. The predicted octanol–water partition coefficient (Wildman–Crippen LogP) is 3.08. The summed E-state index contributed by atoms with van der Waals surface area (Å²) < 4.78 is 22.5. The Morgan fingerprint density at radius 1 is 1.11 bits per heavy atom. The Balaban J connectivity index is 2.18.